The lowest BCUT2D eigenvalue weighted by atomic mass is 10.1. The maximum atomic E-state index is 12.2. The van der Waals surface area contributed by atoms with Crippen LogP contribution in [0.2, 0.25) is 0 Å². The zero-order valence-corrected chi connectivity index (χ0v) is 17.1. The fourth-order valence-corrected chi connectivity index (χ4v) is 3.53. The van der Waals surface area contributed by atoms with Crippen LogP contribution in [0.5, 0.6) is 5.75 Å². The molecule has 0 saturated heterocycles. The summed E-state index contributed by atoms with van der Waals surface area (Å²) in [6.07, 6.45) is 0.842. The average Bonchev–Trinajstić information content (AvgIpc) is 2.72. The van der Waals surface area contributed by atoms with Crippen LogP contribution < -0.4 is 20.1 Å². The van der Waals surface area contributed by atoms with E-state index in [0.717, 1.165) is 18.7 Å². The largest absolute Gasteiger partial charge is 0.497 e. The molecule has 152 valence electrons. The third-order valence-electron chi connectivity index (χ3n) is 3.94. The van der Waals surface area contributed by atoms with Crippen molar-refractivity contribution in [1.29, 1.82) is 0 Å². The van der Waals surface area contributed by atoms with Gasteiger partial charge in [0.1, 0.15) is 5.75 Å². The SMILES string of the molecule is CCNC(=NCCNS(=O)(=O)c1ccccc1)NCCc1ccc(OC)cc1. The van der Waals surface area contributed by atoms with Crippen LogP contribution in [0, 0.1) is 0 Å². The number of benzene rings is 2. The summed E-state index contributed by atoms with van der Waals surface area (Å²) in [5, 5.41) is 6.42. The number of hydrogen-bond acceptors (Lipinski definition) is 4. The van der Waals surface area contributed by atoms with E-state index in [1.165, 1.54) is 5.56 Å². The fourth-order valence-electron chi connectivity index (χ4n) is 2.49. The van der Waals surface area contributed by atoms with Gasteiger partial charge in [-0.05, 0) is 43.2 Å². The molecule has 0 heterocycles. The highest BCUT2D eigenvalue weighted by atomic mass is 32.2. The van der Waals surface area contributed by atoms with Crippen molar-refractivity contribution in [2.24, 2.45) is 4.99 Å². The maximum absolute atomic E-state index is 12.2. The number of guanidine groups is 1. The molecule has 0 aliphatic carbocycles. The van der Waals surface area contributed by atoms with E-state index in [-0.39, 0.29) is 11.4 Å². The Kier molecular flexibility index (Phi) is 8.77. The number of nitrogens with one attached hydrogen (secondary N) is 3. The summed E-state index contributed by atoms with van der Waals surface area (Å²) < 4.78 is 32.1. The van der Waals surface area contributed by atoms with E-state index >= 15 is 0 Å². The summed E-state index contributed by atoms with van der Waals surface area (Å²) in [5.74, 6) is 1.50. The Balaban J connectivity index is 1.79. The first-order valence-corrected chi connectivity index (χ1v) is 10.7. The number of rotatable bonds is 10. The van der Waals surface area contributed by atoms with Crippen LogP contribution in [0.1, 0.15) is 12.5 Å². The van der Waals surface area contributed by atoms with E-state index in [9.17, 15) is 8.42 Å². The van der Waals surface area contributed by atoms with E-state index < -0.39 is 10.0 Å². The predicted octanol–water partition coefficient (Wildman–Crippen LogP) is 1.77. The minimum Gasteiger partial charge on any atom is -0.497 e. The van der Waals surface area contributed by atoms with Crippen molar-refractivity contribution in [2.45, 2.75) is 18.2 Å². The van der Waals surface area contributed by atoms with Gasteiger partial charge in [0, 0.05) is 19.6 Å². The first kappa shape index (κ1) is 21.7. The highest BCUT2D eigenvalue weighted by Gasteiger charge is 2.11. The number of nitrogens with zero attached hydrogens (tertiary/aromatic N) is 1. The van der Waals surface area contributed by atoms with E-state index in [1.807, 2.05) is 31.2 Å². The van der Waals surface area contributed by atoms with E-state index in [4.69, 9.17) is 4.74 Å². The third kappa shape index (κ3) is 7.21. The third-order valence-corrected chi connectivity index (χ3v) is 5.41. The molecule has 0 radical (unpaired) electrons. The molecule has 0 spiro atoms. The molecule has 0 aliphatic rings. The monoisotopic (exact) mass is 404 g/mol. The van der Waals surface area contributed by atoms with Crippen molar-refractivity contribution in [3.8, 4) is 5.75 Å². The standard InChI is InChI=1S/C20H28N4O3S/c1-3-21-20(22-14-13-17-9-11-18(27-2)12-10-17)23-15-16-24-28(25,26)19-7-5-4-6-8-19/h4-12,24H,3,13-16H2,1-2H3,(H2,21,22,23). The van der Waals surface area contributed by atoms with E-state index in [2.05, 4.69) is 20.3 Å². The van der Waals surface area contributed by atoms with E-state index in [0.29, 0.717) is 19.0 Å². The second-order valence-electron chi connectivity index (χ2n) is 6.00. The molecule has 0 unspecified atom stereocenters. The van der Waals surface area contributed by atoms with Crippen molar-refractivity contribution in [2.75, 3.05) is 33.3 Å². The van der Waals surface area contributed by atoms with Gasteiger partial charge in [-0.3, -0.25) is 4.99 Å². The second kappa shape index (κ2) is 11.3. The molecule has 0 amide bonds. The van der Waals surface area contributed by atoms with Gasteiger partial charge in [0.05, 0.1) is 18.6 Å². The average molecular weight is 405 g/mol. The van der Waals surface area contributed by atoms with Gasteiger partial charge in [-0.1, -0.05) is 30.3 Å². The van der Waals surface area contributed by atoms with Gasteiger partial charge in [0.25, 0.3) is 0 Å². The van der Waals surface area contributed by atoms with Gasteiger partial charge in [0.2, 0.25) is 10.0 Å². The lowest BCUT2D eigenvalue weighted by molar-refractivity contribution is 0.414. The maximum Gasteiger partial charge on any atom is 0.240 e. The Morgan fingerprint density at radius 2 is 1.71 bits per heavy atom. The van der Waals surface area contributed by atoms with Gasteiger partial charge in [-0.15, -0.1) is 0 Å². The number of aliphatic imine (C=N–C) groups is 1. The van der Waals surface area contributed by atoms with Gasteiger partial charge in [-0.2, -0.15) is 0 Å². The predicted molar refractivity (Wildman–Crippen MR) is 112 cm³/mol. The molecular formula is C20H28N4O3S. The van der Waals surface area contributed by atoms with Crippen molar-refractivity contribution in [1.82, 2.24) is 15.4 Å². The molecule has 28 heavy (non-hydrogen) atoms. The molecule has 0 saturated carbocycles. The molecular weight excluding hydrogens is 376 g/mol. The summed E-state index contributed by atoms with van der Waals surface area (Å²) in [4.78, 5) is 4.67. The normalized spacial score (nSPS) is 11.9. The van der Waals surface area contributed by atoms with Crippen LogP contribution in [0.15, 0.2) is 64.5 Å². The van der Waals surface area contributed by atoms with Crippen LogP contribution in [-0.2, 0) is 16.4 Å². The van der Waals surface area contributed by atoms with Crippen LogP contribution in [-0.4, -0.2) is 47.7 Å². The summed E-state index contributed by atoms with van der Waals surface area (Å²) in [7, 11) is -1.85. The molecule has 0 fully saturated rings. The number of methoxy groups -OCH3 is 1. The van der Waals surface area contributed by atoms with E-state index in [1.54, 1.807) is 37.4 Å². The van der Waals surface area contributed by atoms with Crippen LogP contribution >= 0.6 is 0 Å². The zero-order valence-electron chi connectivity index (χ0n) is 16.3. The molecule has 2 aromatic rings. The molecule has 0 atom stereocenters. The fraction of sp³-hybridized carbons (Fsp3) is 0.350. The Labute approximate surface area is 167 Å². The minimum atomic E-state index is -3.50. The molecule has 2 aromatic carbocycles. The highest BCUT2D eigenvalue weighted by molar-refractivity contribution is 7.89. The van der Waals surface area contributed by atoms with Gasteiger partial charge in [-0.25, -0.2) is 13.1 Å². The Morgan fingerprint density at radius 1 is 1.00 bits per heavy atom. The van der Waals surface area contributed by atoms with Crippen molar-refractivity contribution in [3.05, 3.63) is 60.2 Å². The van der Waals surface area contributed by atoms with Gasteiger partial charge in [0.15, 0.2) is 5.96 Å². The molecule has 2 rings (SSSR count). The Bertz CT molecular complexity index is 838. The summed E-state index contributed by atoms with van der Waals surface area (Å²) in [6, 6.07) is 16.2. The van der Waals surface area contributed by atoms with Crippen molar-refractivity contribution in [3.63, 3.8) is 0 Å². The smallest absolute Gasteiger partial charge is 0.240 e. The Hall–Kier alpha value is -2.58. The van der Waals surface area contributed by atoms with Crippen LogP contribution in [0.25, 0.3) is 0 Å². The lowest BCUT2D eigenvalue weighted by Gasteiger charge is -2.12. The van der Waals surface area contributed by atoms with Crippen LogP contribution in [0.4, 0.5) is 0 Å². The summed E-state index contributed by atoms with van der Waals surface area (Å²) >= 11 is 0. The molecule has 7 nitrogen and oxygen atoms in total. The molecule has 0 bridgehead atoms. The minimum absolute atomic E-state index is 0.228. The number of ether oxygens (including phenoxy) is 1. The molecule has 0 aromatic heterocycles. The second-order valence-corrected chi connectivity index (χ2v) is 7.76. The molecule has 0 aliphatic heterocycles. The quantitative estimate of drug-likeness (QED) is 0.319. The molecule has 3 N–H and O–H groups in total. The number of hydrogen-bond donors (Lipinski definition) is 3. The summed E-state index contributed by atoms with van der Waals surface area (Å²) in [6.45, 7) is 3.99. The highest BCUT2D eigenvalue weighted by Crippen LogP contribution is 2.11. The lowest BCUT2D eigenvalue weighted by Crippen LogP contribution is -2.39. The van der Waals surface area contributed by atoms with Gasteiger partial charge < -0.3 is 15.4 Å². The topological polar surface area (TPSA) is 91.8 Å². The zero-order chi connectivity index (χ0) is 20.2. The number of sulfonamides is 1. The summed E-state index contributed by atoms with van der Waals surface area (Å²) in [5.41, 5.74) is 1.19. The first-order chi connectivity index (χ1) is 13.5. The van der Waals surface area contributed by atoms with Crippen molar-refractivity contribution >= 4 is 16.0 Å². The molecule has 8 heteroatoms. The Morgan fingerprint density at radius 3 is 2.36 bits per heavy atom. The van der Waals surface area contributed by atoms with Crippen LogP contribution in [0.3, 0.4) is 0 Å². The van der Waals surface area contributed by atoms with Gasteiger partial charge >= 0.3 is 0 Å². The van der Waals surface area contributed by atoms with Crippen molar-refractivity contribution < 1.29 is 13.2 Å². The first-order valence-electron chi connectivity index (χ1n) is 9.25.